The van der Waals surface area contributed by atoms with Crippen molar-refractivity contribution in [3.63, 3.8) is 0 Å². The van der Waals surface area contributed by atoms with Gasteiger partial charge in [0.05, 0.1) is 12.2 Å². The van der Waals surface area contributed by atoms with Gasteiger partial charge in [-0.3, -0.25) is 4.68 Å². The normalized spacial score (nSPS) is 10.9. The van der Waals surface area contributed by atoms with Crippen LogP contribution in [-0.2, 0) is 19.5 Å². The van der Waals surface area contributed by atoms with E-state index in [1.165, 1.54) is 22.4 Å². The summed E-state index contributed by atoms with van der Waals surface area (Å²) in [5.74, 6) is 0. The number of nitrogens with two attached hydrogens (primary N) is 1. The van der Waals surface area contributed by atoms with Crippen molar-refractivity contribution in [3.8, 4) is 0 Å². The zero-order valence-corrected chi connectivity index (χ0v) is 11.4. The molecule has 0 spiro atoms. The van der Waals surface area contributed by atoms with Crippen molar-refractivity contribution in [1.82, 2.24) is 9.78 Å². The minimum absolute atomic E-state index is 0.579. The maximum atomic E-state index is 5.77. The Bertz CT molecular complexity index is 541. The van der Waals surface area contributed by atoms with E-state index in [1.807, 2.05) is 6.07 Å². The first-order valence-corrected chi connectivity index (χ1v) is 6.47. The van der Waals surface area contributed by atoms with Gasteiger partial charge in [0, 0.05) is 12.2 Å². The quantitative estimate of drug-likeness (QED) is 0.897. The van der Waals surface area contributed by atoms with Crippen LogP contribution < -0.4 is 5.73 Å². The Morgan fingerprint density at radius 1 is 1.17 bits per heavy atom. The molecule has 2 N–H and O–H groups in total. The Balaban J connectivity index is 2.34. The number of rotatable bonds is 4. The maximum Gasteiger partial charge on any atom is 0.0665 e. The second-order valence-electron chi connectivity index (χ2n) is 4.63. The number of nitrogens with zero attached hydrogens (tertiary/aromatic N) is 2. The van der Waals surface area contributed by atoms with Crippen LogP contribution in [0, 0.1) is 13.8 Å². The van der Waals surface area contributed by atoms with Crippen molar-refractivity contribution in [2.45, 2.75) is 40.3 Å². The Morgan fingerprint density at radius 3 is 2.39 bits per heavy atom. The number of aryl methyl sites for hydroxylation is 1. The minimum atomic E-state index is 0.579. The Kier molecular flexibility index (Phi) is 3.82. The predicted molar refractivity (Wildman–Crippen MR) is 74.5 cm³/mol. The van der Waals surface area contributed by atoms with E-state index < -0.39 is 0 Å². The van der Waals surface area contributed by atoms with Crippen molar-refractivity contribution in [3.05, 3.63) is 52.3 Å². The lowest BCUT2D eigenvalue weighted by molar-refractivity contribution is 0.653. The van der Waals surface area contributed by atoms with Crippen LogP contribution in [0.15, 0.2) is 24.3 Å². The van der Waals surface area contributed by atoms with E-state index in [0.717, 1.165) is 18.7 Å². The van der Waals surface area contributed by atoms with Gasteiger partial charge in [-0.05, 0) is 37.0 Å². The van der Waals surface area contributed by atoms with Gasteiger partial charge in [0.1, 0.15) is 0 Å². The molecule has 1 aromatic heterocycles. The topological polar surface area (TPSA) is 43.8 Å². The first-order valence-electron chi connectivity index (χ1n) is 6.47. The summed E-state index contributed by atoms with van der Waals surface area (Å²) in [6, 6.07) is 8.30. The van der Waals surface area contributed by atoms with Gasteiger partial charge in [-0.1, -0.05) is 31.2 Å². The van der Waals surface area contributed by atoms with Crippen LogP contribution in [0.3, 0.4) is 0 Å². The molecule has 18 heavy (non-hydrogen) atoms. The molecule has 3 nitrogen and oxygen atoms in total. The molecular weight excluding hydrogens is 222 g/mol. The van der Waals surface area contributed by atoms with Gasteiger partial charge in [0.15, 0.2) is 0 Å². The minimum Gasteiger partial charge on any atom is -0.326 e. The van der Waals surface area contributed by atoms with Crippen LogP contribution >= 0.6 is 0 Å². The fourth-order valence-electron chi connectivity index (χ4n) is 2.47. The molecule has 3 heteroatoms. The molecule has 0 fully saturated rings. The molecule has 0 bridgehead atoms. The molecule has 1 aromatic carbocycles. The summed E-state index contributed by atoms with van der Waals surface area (Å²) in [6.45, 7) is 7.78. The van der Waals surface area contributed by atoms with Gasteiger partial charge in [0.25, 0.3) is 0 Å². The number of hydrogen-bond acceptors (Lipinski definition) is 2. The van der Waals surface area contributed by atoms with Gasteiger partial charge in [-0.25, -0.2) is 0 Å². The fraction of sp³-hybridized carbons (Fsp3) is 0.400. The summed E-state index contributed by atoms with van der Waals surface area (Å²) in [6.07, 6.45) is 1.04. The Morgan fingerprint density at radius 2 is 1.83 bits per heavy atom. The van der Waals surface area contributed by atoms with Gasteiger partial charge < -0.3 is 5.73 Å². The van der Waals surface area contributed by atoms with E-state index >= 15 is 0 Å². The van der Waals surface area contributed by atoms with Crippen molar-refractivity contribution in [1.29, 1.82) is 0 Å². The third-order valence-corrected chi connectivity index (χ3v) is 3.54. The van der Waals surface area contributed by atoms with E-state index in [0.29, 0.717) is 6.54 Å². The largest absolute Gasteiger partial charge is 0.326 e. The average Bonchev–Trinajstić information content (AvgIpc) is 2.65. The highest BCUT2D eigenvalue weighted by molar-refractivity contribution is 5.29. The molecule has 96 valence electrons. The summed E-state index contributed by atoms with van der Waals surface area (Å²) in [7, 11) is 0. The molecular formula is C15H21N3. The van der Waals surface area contributed by atoms with Gasteiger partial charge in [-0.2, -0.15) is 5.10 Å². The third kappa shape index (κ3) is 2.31. The van der Waals surface area contributed by atoms with Crippen molar-refractivity contribution < 1.29 is 0 Å². The summed E-state index contributed by atoms with van der Waals surface area (Å²) in [5, 5.41) is 4.63. The lowest BCUT2D eigenvalue weighted by atomic mass is 10.1. The molecule has 0 aliphatic heterocycles. The molecule has 0 radical (unpaired) electrons. The zero-order chi connectivity index (χ0) is 13.1. The van der Waals surface area contributed by atoms with Gasteiger partial charge in [-0.15, -0.1) is 0 Å². The zero-order valence-electron chi connectivity index (χ0n) is 11.4. The maximum absolute atomic E-state index is 5.77. The smallest absolute Gasteiger partial charge is 0.0665 e. The first-order chi connectivity index (χ1) is 8.67. The van der Waals surface area contributed by atoms with Crippen LogP contribution in [0.1, 0.15) is 35.0 Å². The lowest BCUT2D eigenvalue weighted by Gasteiger charge is -2.09. The standard InChI is InChI=1S/C15H21N3/c1-4-15-11(2)17-18(12(15)3)10-14-8-6-5-7-13(14)9-16/h5-8H,4,9-10,16H2,1-3H3. The van der Waals surface area contributed by atoms with Crippen LogP contribution in [0.5, 0.6) is 0 Å². The van der Waals surface area contributed by atoms with Crippen molar-refractivity contribution in [2.75, 3.05) is 0 Å². The predicted octanol–water partition coefficient (Wildman–Crippen LogP) is 2.57. The molecule has 0 unspecified atom stereocenters. The molecule has 0 saturated heterocycles. The molecule has 0 saturated carbocycles. The third-order valence-electron chi connectivity index (χ3n) is 3.54. The van der Waals surface area contributed by atoms with Crippen LogP contribution in [0.2, 0.25) is 0 Å². The molecule has 0 atom stereocenters. The number of aromatic nitrogens is 2. The highest BCUT2D eigenvalue weighted by Crippen LogP contribution is 2.16. The molecule has 0 amide bonds. The second-order valence-corrected chi connectivity index (χ2v) is 4.63. The summed E-state index contributed by atoms with van der Waals surface area (Å²) < 4.78 is 2.09. The molecule has 0 aliphatic carbocycles. The SMILES string of the molecule is CCc1c(C)nn(Cc2ccccc2CN)c1C. The van der Waals surface area contributed by atoms with E-state index in [9.17, 15) is 0 Å². The summed E-state index contributed by atoms with van der Waals surface area (Å²) >= 11 is 0. The monoisotopic (exact) mass is 243 g/mol. The second kappa shape index (κ2) is 5.36. The molecule has 0 aliphatic rings. The number of benzene rings is 1. The van der Waals surface area contributed by atoms with Crippen molar-refractivity contribution >= 4 is 0 Å². The highest BCUT2D eigenvalue weighted by atomic mass is 15.3. The van der Waals surface area contributed by atoms with Crippen LogP contribution in [0.25, 0.3) is 0 Å². The molecule has 2 rings (SSSR count). The molecule has 2 aromatic rings. The Hall–Kier alpha value is -1.61. The van der Waals surface area contributed by atoms with E-state index in [1.54, 1.807) is 0 Å². The van der Waals surface area contributed by atoms with E-state index in [-0.39, 0.29) is 0 Å². The fourth-order valence-corrected chi connectivity index (χ4v) is 2.47. The Labute approximate surface area is 109 Å². The van der Waals surface area contributed by atoms with Crippen LogP contribution in [-0.4, -0.2) is 9.78 Å². The van der Waals surface area contributed by atoms with Gasteiger partial charge in [0.2, 0.25) is 0 Å². The number of hydrogen-bond donors (Lipinski definition) is 1. The van der Waals surface area contributed by atoms with E-state index in [2.05, 4.69) is 48.8 Å². The summed E-state index contributed by atoms with van der Waals surface area (Å²) in [4.78, 5) is 0. The van der Waals surface area contributed by atoms with Crippen molar-refractivity contribution in [2.24, 2.45) is 5.73 Å². The van der Waals surface area contributed by atoms with Gasteiger partial charge >= 0.3 is 0 Å². The first kappa shape index (κ1) is 12.8. The summed E-state index contributed by atoms with van der Waals surface area (Å²) in [5.41, 5.74) is 12.0. The highest BCUT2D eigenvalue weighted by Gasteiger charge is 2.10. The average molecular weight is 243 g/mol. The van der Waals surface area contributed by atoms with Crippen LogP contribution in [0.4, 0.5) is 0 Å². The van der Waals surface area contributed by atoms with E-state index in [4.69, 9.17) is 5.73 Å². The molecule has 1 heterocycles. The lowest BCUT2D eigenvalue weighted by Crippen LogP contribution is -2.08.